The number of hydrogen-bond acceptors (Lipinski definition) is 4. The van der Waals surface area contributed by atoms with E-state index in [0.29, 0.717) is 12.0 Å². The van der Waals surface area contributed by atoms with Crippen LogP contribution in [0.5, 0.6) is 0 Å². The van der Waals surface area contributed by atoms with Gasteiger partial charge in [-0.3, -0.25) is 0 Å². The zero-order valence-electron chi connectivity index (χ0n) is 9.99. The first kappa shape index (κ1) is 11.7. The number of aromatic nitrogens is 2. The quantitative estimate of drug-likeness (QED) is 0.893. The fraction of sp³-hybridized carbons (Fsp3) is 0.385. The van der Waals surface area contributed by atoms with Gasteiger partial charge in [0.25, 0.3) is 0 Å². The molecule has 18 heavy (non-hydrogen) atoms. The Morgan fingerprint density at radius 2 is 2.00 bits per heavy atom. The van der Waals surface area contributed by atoms with Crippen molar-refractivity contribution in [3.63, 3.8) is 0 Å². The van der Waals surface area contributed by atoms with Crippen LogP contribution < -0.4 is 11.1 Å². The molecule has 4 nitrogen and oxygen atoms in total. The molecule has 0 unspecified atom stereocenters. The minimum absolute atomic E-state index is 0.324. The number of rotatable bonds is 2. The van der Waals surface area contributed by atoms with Gasteiger partial charge in [-0.15, -0.1) is 0 Å². The van der Waals surface area contributed by atoms with E-state index in [1.165, 1.54) is 25.7 Å². The fourth-order valence-electron chi connectivity index (χ4n) is 2.49. The molecular formula is C13H15BrN4. The molecule has 0 radical (unpaired) electrons. The Balaban J connectivity index is 2.05. The van der Waals surface area contributed by atoms with Gasteiger partial charge in [0.2, 0.25) is 5.95 Å². The highest BCUT2D eigenvalue weighted by atomic mass is 79.9. The number of nitrogens with two attached hydrogens (primary N) is 1. The zero-order valence-corrected chi connectivity index (χ0v) is 11.6. The van der Waals surface area contributed by atoms with Crippen LogP contribution in [0.1, 0.15) is 25.7 Å². The van der Waals surface area contributed by atoms with Crippen LogP contribution >= 0.6 is 15.9 Å². The highest BCUT2D eigenvalue weighted by Gasteiger charge is 2.17. The van der Waals surface area contributed by atoms with Crippen LogP contribution in [0.4, 0.5) is 11.8 Å². The van der Waals surface area contributed by atoms with Crippen molar-refractivity contribution in [2.75, 3.05) is 11.1 Å². The fourth-order valence-corrected chi connectivity index (χ4v) is 2.85. The van der Waals surface area contributed by atoms with E-state index in [-0.39, 0.29) is 0 Å². The summed E-state index contributed by atoms with van der Waals surface area (Å²) in [6, 6.07) is 6.47. The molecule has 0 aliphatic heterocycles. The largest absolute Gasteiger partial charge is 0.368 e. The number of halogens is 1. The van der Waals surface area contributed by atoms with Crippen LogP contribution in [-0.4, -0.2) is 16.0 Å². The maximum Gasteiger partial charge on any atom is 0.222 e. The lowest BCUT2D eigenvalue weighted by molar-refractivity contribution is 0.752. The van der Waals surface area contributed by atoms with Crippen molar-refractivity contribution in [1.29, 1.82) is 0 Å². The first-order chi connectivity index (χ1) is 8.72. The molecule has 1 fully saturated rings. The molecule has 1 aromatic carbocycles. The van der Waals surface area contributed by atoms with Gasteiger partial charge in [-0.2, -0.15) is 4.98 Å². The molecule has 3 rings (SSSR count). The van der Waals surface area contributed by atoms with E-state index < -0.39 is 0 Å². The SMILES string of the molecule is Nc1nc(NC2CCCC2)c2cc(Br)ccc2n1. The summed E-state index contributed by atoms with van der Waals surface area (Å²) in [6.45, 7) is 0. The lowest BCUT2D eigenvalue weighted by atomic mass is 10.2. The summed E-state index contributed by atoms with van der Waals surface area (Å²) >= 11 is 3.48. The van der Waals surface area contributed by atoms with Gasteiger partial charge >= 0.3 is 0 Å². The molecule has 3 N–H and O–H groups in total. The Hall–Kier alpha value is -1.36. The second kappa shape index (κ2) is 4.72. The van der Waals surface area contributed by atoms with Gasteiger partial charge in [0.1, 0.15) is 5.82 Å². The van der Waals surface area contributed by atoms with Crippen molar-refractivity contribution in [3.8, 4) is 0 Å². The minimum Gasteiger partial charge on any atom is -0.368 e. The average Bonchev–Trinajstić information content (AvgIpc) is 2.83. The van der Waals surface area contributed by atoms with Crippen LogP contribution in [0.3, 0.4) is 0 Å². The van der Waals surface area contributed by atoms with Crippen molar-refractivity contribution in [2.24, 2.45) is 0 Å². The summed E-state index contributed by atoms with van der Waals surface area (Å²) in [4.78, 5) is 8.60. The third-order valence-corrected chi connectivity index (χ3v) is 3.86. The van der Waals surface area contributed by atoms with Crippen LogP contribution in [0.25, 0.3) is 10.9 Å². The molecule has 0 spiro atoms. The maximum absolute atomic E-state index is 5.76. The molecule has 5 heteroatoms. The number of nitrogens with zero attached hydrogens (tertiary/aromatic N) is 2. The smallest absolute Gasteiger partial charge is 0.222 e. The van der Waals surface area contributed by atoms with E-state index in [1.807, 2.05) is 18.2 Å². The van der Waals surface area contributed by atoms with Gasteiger partial charge < -0.3 is 11.1 Å². The van der Waals surface area contributed by atoms with Crippen molar-refractivity contribution in [1.82, 2.24) is 9.97 Å². The van der Waals surface area contributed by atoms with Gasteiger partial charge in [-0.05, 0) is 31.0 Å². The predicted octanol–water partition coefficient (Wildman–Crippen LogP) is 3.33. The lowest BCUT2D eigenvalue weighted by Gasteiger charge is -2.14. The third-order valence-electron chi connectivity index (χ3n) is 3.37. The lowest BCUT2D eigenvalue weighted by Crippen LogP contribution is -2.16. The van der Waals surface area contributed by atoms with E-state index in [0.717, 1.165) is 21.2 Å². The second-order valence-corrected chi connectivity index (χ2v) is 5.63. The van der Waals surface area contributed by atoms with Gasteiger partial charge in [0, 0.05) is 15.9 Å². The Bertz CT molecular complexity index is 578. The summed E-state index contributed by atoms with van der Waals surface area (Å²) < 4.78 is 1.03. The van der Waals surface area contributed by atoms with Crippen LogP contribution in [-0.2, 0) is 0 Å². The number of nitrogen functional groups attached to an aromatic ring is 1. The summed E-state index contributed by atoms with van der Waals surface area (Å²) in [5.41, 5.74) is 6.64. The summed E-state index contributed by atoms with van der Waals surface area (Å²) in [5, 5.41) is 4.52. The minimum atomic E-state index is 0.324. The molecule has 1 aliphatic rings. The van der Waals surface area contributed by atoms with Gasteiger partial charge in [-0.1, -0.05) is 28.8 Å². The Morgan fingerprint density at radius 1 is 1.22 bits per heavy atom. The molecule has 2 aromatic rings. The van der Waals surface area contributed by atoms with E-state index in [2.05, 4.69) is 31.2 Å². The Kier molecular flexibility index (Phi) is 3.07. The molecule has 0 atom stereocenters. The number of anilines is 2. The maximum atomic E-state index is 5.76. The monoisotopic (exact) mass is 306 g/mol. The van der Waals surface area contributed by atoms with Crippen molar-refractivity contribution < 1.29 is 0 Å². The summed E-state index contributed by atoms with van der Waals surface area (Å²) in [6.07, 6.45) is 5.00. The molecular weight excluding hydrogens is 292 g/mol. The predicted molar refractivity (Wildman–Crippen MR) is 77.5 cm³/mol. The molecule has 0 amide bonds. The van der Waals surface area contributed by atoms with Gasteiger partial charge in [-0.25, -0.2) is 4.98 Å². The summed E-state index contributed by atoms with van der Waals surface area (Å²) in [7, 11) is 0. The van der Waals surface area contributed by atoms with Gasteiger partial charge in [0.05, 0.1) is 5.52 Å². The topological polar surface area (TPSA) is 63.8 Å². The average molecular weight is 307 g/mol. The van der Waals surface area contributed by atoms with Gasteiger partial charge in [0.15, 0.2) is 0 Å². The van der Waals surface area contributed by atoms with E-state index >= 15 is 0 Å². The number of hydrogen-bond donors (Lipinski definition) is 2. The molecule has 0 saturated heterocycles. The van der Waals surface area contributed by atoms with E-state index in [9.17, 15) is 0 Å². The van der Waals surface area contributed by atoms with Crippen LogP contribution in [0, 0.1) is 0 Å². The van der Waals surface area contributed by atoms with E-state index in [4.69, 9.17) is 5.73 Å². The van der Waals surface area contributed by atoms with Crippen molar-refractivity contribution in [3.05, 3.63) is 22.7 Å². The van der Waals surface area contributed by atoms with Crippen LogP contribution in [0.2, 0.25) is 0 Å². The highest BCUT2D eigenvalue weighted by molar-refractivity contribution is 9.10. The number of fused-ring (bicyclic) bond motifs is 1. The molecule has 94 valence electrons. The number of nitrogens with one attached hydrogen (secondary N) is 1. The third kappa shape index (κ3) is 2.27. The van der Waals surface area contributed by atoms with Crippen LogP contribution in [0.15, 0.2) is 22.7 Å². The number of benzene rings is 1. The second-order valence-electron chi connectivity index (χ2n) is 4.72. The van der Waals surface area contributed by atoms with Crippen molar-refractivity contribution in [2.45, 2.75) is 31.7 Å². The molecule has 0 bridgehead atoms. The van der Waals surface area contributed by atoms with Crippen molar-refractivity contribution >= 4 is 38.6 Å². The molecule has 1 aromatic heterocycles. The summed E-state index contributed by atoms with van der Waals surface area (Å²) in [5.74, 6) is 1.18. The highest BCUT2D eigenvalue weighted by Crippen LogP contribution is 2.28. The first-order valence-electron chi connectivity index (χ1n) is 6.22. The molecule has 1 heterocycles. The Labute approximate surface area is 114 Å². The zero-order chi connectivity index (χ0) is 12.5. The Morgan fingerprint density at radius 3 is 2.78 bits per heavy atom. The first-order valence-corrected chi connectivity index (χ1v) is 7.01. The van der Waals surface area contributed by atoms with E-state index in [1.54, 1.807) is 0 Å². The molecule has 1 aliphatic carbocycles. The molecule has 1 saturated carbocycles. The standard InChI is InChI=1S/C13H15BrN4/c14-8-5-6-11-10(7-8)12(18-13(15)17-11)16-9-3-1-2-4-9/h5-7,9H,1-4H2,(H3,15,16,17,18). The normalized spacial score (nSPS) is 16.3.